The van der Waals surface area contributed by atoms with Crippen LogP contribution in [0.1, 0.15) is 31.7 Å². The van der Waals surface area contributed by atoms with Crippen molar-refractivity contribution in [3.8, 4) is 5.75 Å². The maximum atomic E-state index is 13.8. The van der Waals surface area contributed by atoms with Gasteiger partial charge >= 0.3 is 0 Å². The molecule has 2 rings (SSSR count). The summed E-state index contributed by atoms with van der Waals surface area (Å²) >= 11 is 0. The molecular weight excluding hydrogens is 248 g/mol. The Bertz CT molecular complexity index is 446. The molecule has 0 aromatic heterocycles. The molecule has 1 N–H and O–H groups in total. The summed E-state index contributed by atoms with van der Waals surface area (Å²) in [4.78, 5) is 0. The number of rotatable bonds is 7. The van der Waals surface area contributed by atoms with Gasteiger partial charge in [0.1, 0.15) is 0 Å². The van der Waals surface area contributed by atoms with E-state index in [0.717, 1.165) is 18.4 Å². The maximum absolute atomic E-state index is 13.8. The summed E-state index contributed by atoms with van der Waals surface area (Å²) < 4.78 is 32.7. The summed E-state index contributed by atoms with van der Waals surface area (Å²) in [5.41, 5.74) is 1.53. The van der Waals surface area contributed by atoms with Gasteiger partial charge in [0.25, 0.3) is 0 Å². The SMILES string of the molecule is C=C(C)CCOc1c(F)cc(CNC2CC2)cc1F. The highest BCUT2D eigenvalue weighted by molar-refractivity contribution is 5.31. The van der Waals surface area contributed by atoms with Crippen LogP contribution in [0.4, 0.5) is 8.78 Å². The molecule has 1 saturated carbocycles. The molecular formula is C15H19F2NO. The van der Waals surface area contributed by atoms with Gasteiger partial charge in [-0.2, -0.15) is 0 Å². The highest BCUT2D eigenvalue weighted by Gasteiger charge is 2.20. The summed E-state index contributed by atoms with van der Waals surface area (Å²) in [6, 6.07) is 3.17. The van der Waals surface area contributed by atoms with E-state index in [1.807, 2.05) is 6.92 Å². The van der Waals surface area contributed by atoms with Crippen molar-refractivity contribution in [2.45, 2.75) is 38.8 Å². The van der Waals surface area contributed by atoms with Crippen molar-refractivity contribution in [1.82, 2.24) is 5.32 Å². The van der Waals surface area contributed by atoms with Crippen LogP contribution in [0.5, 0.6) is 5.75 Å². The van der Waals surface area contributed by atoms with Crippen LogP contribution in [0.3, 0.4) is 0 Å². The van der Waals surface area contributed by atoms with E-state index < -0.39 is 11.6 Å². The lowest BCUT2D eigenvalue weighted by Crippen LogP contribution is -2.15. The zero-order valence-electron chi connectivity index (χ0n) is 11.1. The van der Waals surface area contributed by atoms with Crippen LogP contribution in [-0.2, 0) is 6.54 Å². The van der Waals surface area contributed by atoms with E-state index in [-0.39, 0.29) is 12.4 Å². The minimum atomic E-state index is -0.644. The molecule has 0 saturated heterocycles. The lowest BCUT2D eigenvalue weighted by Gasteiger charge is -2.10. The van der Waals surface area contributed by atoms with Crippen molar-refractivity contribution in [1.29, 1.82) is 0 Å². The second-order valence-electron chi connectivity index (χ2n) is 5.10. The van der Waals surface area contributed by atoms with Gasteiger partial charge in [0.2, 0.25) is 0 Å². The average Bonchev–Trinajstić information content (AvgIpc) is 3.13. The molecule has 0 spiro atoms. The van der Waals surface area contributed by atoms with E-state index in [2.05, 4.69) is 11.9 Å². The van der Waals surface area contributed by atoms with Crippen molar-refractivity contribution in [2.24, 2.45) is 0 Å². The fraction of sp³-hybridized carbons (Fsp3) is 0.467. The second-order valence-corrected chi connectivity index (χ2v) is 5.10. The number of halogens is 2. The normalized spacial score (nSPS) is 14.5. The largest absolute Gasteiger partial charge is 0.487 e. The third-order valence-corrected chi connectivity index (χ3v) is 3.01. The lowest BCUT2D eigenvalue weighted by molar-refractivity contribution is 0.288. The Labute approximate surface area is 112 Å². The molecule has 1 aliphatic carbocycles. The third-order valence-electron chi connectivity index (χ3n) is 3.01. The molecule has 4 heteroatoms. The molecule has 1 aromatic rings. The maximum Gasteiger partial charge on any atom is 0.190 e. The fourth-order valence-corrected chi connectivity index (χ4v) is 1.73. The summed E-state index contributed by atoms with van der Waals surface area (Å²) in [6.45, 7) is 6.30. The average molecular weight is 267 g/mol. The zero-order chi connectivity index (χ0) is 13.8. The standard InChI is InChI=1S/C15H19F2NO/c1-10(2)5-6-19-15-13(16)7-11(8-14(15)17)9-18-12-3-4-12/h7-8,12,18H,1,3-6,9H2,2H3. The van der Waals surface area contributed by atoms with Crippen molar-refractivity contribution < 1.29 is 13.5 Å². The number of ether oxygens (including phenoxy) is 1. The van der Waals surface area contributed by atoms with Gasteiger partial charge in [-0.25, -0.2) is 8.78 Å². The van der Waals surface area contributed by atoms with Crippen LogP contribution in [-0.4, -0.2) is 12.6 Å². The minimum absolute atomic E-state index is 0.239. The summed E-state index contributed by atoms with van der Waals surface area (Å²) in [7, 11) is 0. The molecule has 1 aliphatic rings. The zero-order valence-corrected chi connectivity index (χ0v) is 11.1. The van der Waals surface area contributed by atoms with Crippen molar-refractivity contribution in [3.05, 3.63) is 41.5 Å². The van der Waals surface area contributed by atoms with Crippen molar-refractivity contribution in [3.63, 3.8) is 0 Å². The molecule has 0 amide bonds. The molecule has 0 aliphatic heterocycles. The summed E-state index contributed by atoms with van der Waals surface area (Å²) in [5, 5.41) is 3.22. The van der Waals surface area contributed by atoms with E-state index in [9.17, 15) is 8.78 Å². The van der Waals surface area contributed by atoms with Gasteiger partial charge < -0.3 is 10.1 Å². The Hall–Kier alpha value is -1.42. The Morgan fingerprint density at radius 2 is 2.00 bits per heavy atom. The van der Waals surface area contributed by atoms with Crippen LogP contribution in [0.15, 0.2) is 24.3 Å². The molecule has 2 nitrogen and oxygen atoms in total. The molecule has 0 atom stereocenters. The molecule has 0 bridgehead atoms. The monoisotopic (exact) mass is 267 g/mol. The van der Waals surface area contributed by atoms with Crippen LogP contribution < -0.4 is 10.1 Å². The summed E-state index contributed by atoms with van der Waals surface area (Å²) in [5.74, 6) is -1.58. The van der Waals surface area contributed by atoms with E-state index in [4.69, 9.17) is 4.74 Å². The van der Waals surface area contributed by atoms with E-state index in [0.29, 0.717) is 24.6 Å². The number of nitrogens with one attached hydrogen (secondary N) is 1. The van der Waals surface area contributed by atoms with Gasteiger partial charge in [-0.1, -0.05) is 5.57 Å². The van der Waals surface area contributed by atoms with Crippen LogP contribution in [0, 0.1) is 11.6 Å². The van der Waals surface area contributed by atoms with Gasteiger partial charge in [-0.15, -0.1) is 6.58 Å². The first-order valence-corrected chi connectivity index (χ1v) is 6.54. The minimum Gasteiger partial charge on any atom is -0.487 e. The third kappa shape index (κ3) is 4.31. The molecule has 1 fully saturated rings. The highest BCUT2D eigenvalue weighted by Crippen LogP contribution is 2.25. The molecule has 104 valence electrons. The predicted octanol–water partition coefficient (Wildman–Crippen LogP) is 3.56. The quantitative estimate of drug-likeness (QED) is 0.763. The van der Waals surface area contributed by atoms with Gasteiger partial charge in [0.15, 0.2) is 17.4 Å². The molecule has 1 aromatic carbocycles. The van der Waals surface area contributed by atoms with Crippen LogP contribution in [0.2, 0.25) is 0 Å². The topological polar surface area (TPSA) is 21.3 Å². The van der Waals surface area contributed by atoms with E-state index in [1.54, 1.807) is 0 Å². The van der Waals surface area contributed by atoms with Crippen LogP contribution >= 0.6 is 0 Å². The van der Waals surface area contributed by atoms with Gasteiger partial charge in [0.05, 0.1) is 6.61 Å². The Morgan fingerprint density at radius 1 is 1.37 bits per heavy atom. The molecule has 0 heterocycles. The van der Waals surface area contributed by atoms with Gasteiger partial charge in [-0.3, -0.25) is 0 Å². The Balaban J connectivity index is 1.96. The summed E-state index contributed by atoms with van der Waals surface area (Å²) in [6.07, 6.45) is 2.88. The number of hydrogen-bond donors (Lipinski definition) is 1. The molecule has 19 heavy (non-hydrogen) atoms. The predicted molar refractivity (Wildman–Crippen MR) is 71.1 cm³/mol. The number of hydrogen-bond acceptors (Lipinski definition) is 2. The van der Waals surface area contributed by atoms with E-state index >= 15 is 0 Å². The second kappa shape index (κ2) is 6.15. The Morgan fingerprint density at radius 3 is 2.53 bits per heavy atom. The molecule has 0 radical (unpaired) electrons. The van der Waals surface area contributed by atoms with E-state index in [1.165, 1.54) is 12.1 Å². The molecule has 0 unspecified atom stereocenters. The lowest BCUT2D eigenvalue weighted by atomic mass is 10.2. The first-order chi connectivity index (χ1) is 9.06. The first kappa shape index (κ1) is 14.0. The number of benzene rings is 1. The van der Waals surface area contributed by atoms with Crippen molar-refractivity contribution in [2.75, 3.05) is 6.61 Å². The van der Waals surface area contributed by atoms with Gasteiger partial charge in [0, 0.05) is 19.0 Å². The van der Waals surface area contributed by atoms with Crippen molar-refractivity contribution >= 4 is 0 Å². The first-order valence-electron chi connectivity index (χ1n) is 6.54. The fourth-order valence-electron chi connectivity index (χ4n) is 1.73. The Kier molecular flexibility index (Phi) is 4.53. The smallest absolute Gasteiger partial charge is 0.190 e. The van der Waals surface area contributed by atoms with Gasteiger partial charge in [-0.05, 0) is 37.5 Å². The highest BCUT2D eigenvalue weighted by atomic mass is 19.1. The van der Waals surface area contributed by atoms with Crippen LogP contribution in [0.25, 0.3) is 0 Å².